The van der Waals surface area contributed by atoms with Crippen molar-refractivity contribution in [2.24, 2.45) is 0 Å². The Bertz CT molecular complexity index is 1220. The standard InChI is InChI=1S/C29H35N3O7/c33-16-26-28-22(14-20(38-26)15-27(34)30-8-11-32-9-2-1-3-10-32)21-13-19(5-7-23(21)39-28)31-29(35)18-4-6-24-25(12-18)37-17-36-24/h4-7,12-13,20,22,26,28,33H,1-3,8-11,14-17H2,(H,30,34)(H,31,35)/t20-,22+,26+,28-/m0/s1. The number of fused-ring (bicyclic) bond motifs is 4. The summed E-state index contributed by atoms with van der Waals surface area (Å²) in [7, 11) is 0. The van der Waals surface area contributed by atoms with E-state index in [1.54, 1.807) is 24.3 Å². The third-order valence-electron chi connectivity index (χ3n) is 8.00. The molecule has 0 aromatic heterocycles. The van der Waals surface area contributed by atoms with Gasteiger partial charge in [0.25, 0.3) is 5.91 Å². The van der Waals surface area contributed by atoms with E-state index in [-0.39, 0.29) is 49.8 Å². The number of carbonyl (C=O) groups excluding carboxylic acids is 2. The zero-order chi connectivity index (χ0) is 26.8. The van der Waals surface area contributed by atoms with Crippen molar-refractivity contribution in [3.8, 4) is 17.2 Å². The maximum Gasteiger partial charge on any atom is 0.255 e. The van der Waals surface area contributed by atoms with Crippen molar-refractivity contribution in [2.75, 3.05) is 44.9 Å². The molecule has 0 unspecified atom stereocenters. The molecule has 3 N–H and O–H groups in total. The first-order chi connectivity index (χ1) is 19.1. The Morgan fingerprint density at radius 2 is 1.82 bits per heavy atom. The Morgan fingerprint density at radius 1 is 1.00 bits per heavy atom. The number of anilines is 1. The molecule has 4 heterocycles. The van der Waals surface area contributed by atoms with Crippen molar-refractivity contribution in [1.29, 1.82) is 0 Å². The second-order valence-electron chi connectivity index (χ2n) is 10.6. The molecule has 4 aliphatic rings. The average molecular weight is 538 g/mol. The van der Waals surface area contributed by atoms with Crippen molar-refractivity contribution in [3.05, 3.63) is 47.5 Å². The third-order valence-corrected chi connectivity index (χ3v) is 8.00. The molecule has 2 aromatic rings. The minimum absolute atomic E-state index is 0.0453. The largest absolute Gasteiger partial charge is 0.487 e. The van der Waals surface area contributed by atoms with Gasteiger partial charge in [-0.05, 0) is 68.8 Å². The number of rotatable bonds is 8. The fraction of sp³-hybridized carbons (Fsp3) is 0.517. The van der Waals surface area contributed by atoms with Crippen LogP contribution in [0.1, 0.15) is 53.9 Å². The highest BCUT2D eigenvalue weighted by atomic mass is 16.7. The van der Waals surface area contributed by atoms with Crippen LogP contribution < -0.4 is 24.8 Å². The highest BCUT2D eigenvalue weighted by Crippen LogP contribution is 2.47. The van der Waals surface area contributed by atoms with Crippen LogP contribution in [0.25, 0.3) is 0 Å². The Kier molecular flexibility index (Phi) is 7.58. The van der Waals surface area contributed by atoms with E-state index in [0.29, 0.717) is 41.5 Å². The van der Waals surface area contributed by atoms with Gasteiger partial charge in [0, 0.05) is 35.8 Å². The quantitative estimate of drug-likeness (QED) is 0.471. The van der Waals surface area contributed by atoms with Gasteiger partial charge in [0.2, 0.25) is 12.7 Å². The van der Waals surface area contributed by atoms with E-state index in [4.69, 9.17) is 18.9 Å². The number of amides is 2. The lowest BCUT2D eigenvalue weighted by Gasteiger charge is -2.37. The molecule has 6 rings (SSSR count). The van der Waals surface area contributed by atoms with E-state index >= 15 is 0 Å². The van der Waals surface area contributed by atoms with Gasteiger partial charge in [0.15, 0.2) is 11.5 Å². The molecular weight excluding hydrogens is 502 g/mol. The van der Waals surface area contributed by atoms with Crippen LogP contribution in [0.2, 0.25) is 0 Å². The summed E-state index contributed by atoms with van der Waals surface area (Å²) < 4.78 is 23.0. The minimum Gasteiger partial charge on any atom is -0.487 e. The normalized spacial score (nSPS) is 25.4. The zero-order valence-electron chi connectivity index (χ0n) is 21.9. The molecule has 10 heteroatoms. The number of aliphatic hydroxyl groups is 1. The molecule has 39 heavy (non-hydrogen) atoms. The highest BCUT2D eigenvalue weighted by Gasteiger charge is 2.46. The third kappa shape index (κ3) is 5.68. The van der Waals surface area contributed by atoms with Crippen molar-refractivity contribution < 1.29 is 33.6 Å². The Balaban J connectivity index is 1.09. The van der Waals surface area contributed by atoms with Gasteiger partial charge in [0.05, 0.1) is 19.1 Å². The summed E-state index contributed by atoms with van der Waals surface area (Å²) in [6.07, 6.45) is 3.35. The molecule has 0 saturated carbocycles. The Labute approximate surface area is 227 Å². The lowest BCUT2D eigenvalue weighted by Crippen LogP contribution is -2.47. The molecule has 208 valence electrons. The van der Waals surface area contributed by atoms with Gasteiger partial charge in [-0.1, -0.05) is 6.42 Å². The molecule has 2 fully saturated rings. The molecule has 4 atom stereocenters. The fourth-order valence-electron chi connectivity index (χ4n) is 6.02. The molecule has 0 aliphatic carbocycles. The van der Waals surface area contributed by atoms with Crippen LogP contribution in [0, 0.1) is 0 Å². The van der Waals surface area contributed by atoms with Gasteiger partial charge in [-0.15, -0.1) is 0 Å². The van der Waals surface area contributed by atoms with E-state index in [1.165, 1.54) is 19.3 Å². The highest BCUT2D eigenvalue weighted by molar-refractivity contribution is 6.04. The zero-order valence-corrected chi connectivity index (χ0v) is 21.9. The van der Waals surface area contributed by atoms with Crippen LogP contribution in [0.4, 0.5) is 5.69 Å². The monoisotopic (exact) mass is 537 g/mol. The number of benzene rings is 2. The molecule has 0 radical (unpaired) electrons. The first-order valence-corrected chi connectivity index (χ1v) is 13.8. The second-order valence-corrected chi connectivity index (χ2v) is 10.6. The summed E-state index contributed by atoms with van der Waals surface area (Å²) in [5.41, 5.74) is 2.05. The van der Waals surface area contributed by atoms with Crippen LogP contribution in [0.5, 0.6) is 17.2 Å². The number of likely N-dealkylation sites (tertiary alicyclic amines) is 1. The second kappa shape index (κ2) is 11.4. The number of piperidine rings is 1. The SMILES string of the molecule is O=C(C[C@@H]1C[C@@H]2c3cc(NC(=O)c4ccc5c(c4)OCO5)ccc3O[C@@H]2[C@@H](CO)O1)NCCN1CCCCC1. The number of nitrogens with one attached hydrogen (secondary N) is 2. The van der Waals surface area contributed by atoms with Crippen LogP contribution in [0.15, 0.2) is 36.4 Å². The molecule has 0 spiro atoms. The van der Waals surface area contributed by atoms with Gasteiger partial charge in [-0.2, -0.15) is 0 Å². The molecule has 0 bridgehead atoms. The summed E-state index contributed by atoms with van der Waals surface area (Å²) in [4.78, 5) is 28.0. The topological polar surface area (TPSA) is 119 Å². The lowest BCUT2D eigenvalue weighted by atomic mass is 9.84. The van der Waals surface area contributed by atoms with Crippen LogP contribution in [0.3, 0.4) is 0 Å². The fourth-order valence-corrected chi connectivity index (χ4v) is 6.02. The van der Waals surface area contributed by atoms with Crippen molar-refractivity contribution in [2.45, 2.75) is 56.3 Å². The van der Waals surface area contributed by atoms with Gasteiger partial charge < -0.3 is 39.6 Å². The number of carbonyl (C=O) groups is 2. The van der Waals surface area contributed by atoms with Crippen LogP contribution in [-0.4, -0.2) is 79.7 Å². The number of hydrogen-bond acceptors (Lipinski definition) is 8. The smallest absolute Gasteiger partial charge is 0.255 e. The van der Waals surface area contributed by atoms with Gasteiger partial charge in [0.1, 0.15) is 18.0 Å². The lowest BCUT2D eigenvalue weighted by molar-refractivity contribution is -0.142. The van der Waals surface area contributed by atoms with Crippen molar-refractivity contribution in [3.63, 3.8) is 0 Å². The summed E-state index contributed by atoms with van der Waals surface area (Å²) in [5.74, 6) is 1.51. The number of nitrogens with zero attached hydrogens (tertiary/aromatic N) is 1. The number of aliphatic hydroxyl groups excluding tert-OH is 1. The maximum atomic E-state index is 12.9. The van der Waals surface area contributed by atoms with Crippen molar-refractivity contribution in [1.82, 2.24) is 10.2 Å². The molecule has 4 aliphatic heterocycles. The number of hydrogen-bond donors (Lipinski definition) is 3. The van der Waals surface area contributed by atoms with E-state index in [9.17, 15) is 14.7 Å². The predicted molar refractivity (Wildman–Crippen MR) is 142 cm³/mol. The van der Waals surface area contributed by atoms with Crippen LogP contribution in [-0.2, 0) is 9.53 Å². The molecular formula is C29H35N3O7. The minimum atomic E-state index is -0.533. The predicted octanol–water partition coefficient (Wildman–Crippen LogP) is 2.65. The van der Waals surface area contributed by atoms with Gasteiger partial charge in [-0.25, -0.2) is 0 Å². The first-order valence-electron chi connectivity index (χ1n) is 13.8. The average Bonchev–Trinajstić information content (AvgIpc) is 3.57. The maximum absolute atomic E-state index is 12.9. The molecule has 2 aromatic carbocycles. The summed E-state index contributed by atoms with van der Waals surface area (Å²) in [6.45, 7) is 3.63. The summed E-state index contributed by atoms with van der Waals surface area (Å²) in [6, 6.07) is 10.6. The number of ether oxygens (including phenoxy) is 4. The Hall–Kier alpha value is -3.34. The molecule has 2 saturated heterocycles. The van der Waals surface area contributed by atoms with Crippen LogP contribution >= 0.6 is 0 Å². The first kappa shape index (κ1) is 25.9. The van der Waals surface area contributed by atoms with E-state index in [0.717, 1.165) is 25.2 Å². The molecule has 10 nitrogen and oxygen atoms in total. The van der Waals surface area contributed by atoms with E-state index in [2.05, 4.69) is 15.5 Å². The van der Waals surface area contributed by atoms with Gasteiger partial charge >= 0.3 is 0 Å². The van der Waals surface area contributed by atoms with E-state index in [1.807, 2.05) is 12.1 Å². The van der Waals surface area contributed by atoms with E-state index < -0.39 is 6.10 Å². The van der Waals surface area contributed by atoms with Gasteiger partial charge in [-0.3, -0.25) is 9.59 Å². The summed E-state index contributed by atoms with van der Waals surface area (Å²) in [5, 5.41) is 16.0. The van der Waals surface area contributed by atoms with Crippen molar-refractivity contribution >= 4 is 17.5 Å². The molecule has 2 amide bonds. The Morgan fingerprint density at radius 3 is 2.67 bits per heavy atom. The summed E-state index contributed by atoms with van der Waals surface area (Å²) >= 11 is 0.